The Bertz CT molecular complexity index is 1270. The maximum Gasteiger partial charge on any atom is 0.348 e. The summed E-state index contributed by atoms with van der Waals surface area (Å²) < 4.78 is 16.6. The van der Waals surface area contributed by atoms with E-state index in [-0.39, 0.29) is 24.2 Å². The number of fused-ring (bicyclic) bond motifs is 2. The fraction of sp³-hybridized carbons (Fsp3) is 0.458. The molecule has 1 aromatic carbocycles. The Morgan fingerprint density at radius 1 is 1.33 bits per heavy atom. The predicted molar refractivity (Wildman–Crippen MR) is 125 cm³/mol. The quantitative estimate of drug-likeness (QED) is 0.561. The molecule has 5 rings (SSSR count). The molecule has 1 saturated heterocycles. The first kappa shape index (κ1) is 21.9. The van der Waals surface area contributed by atoms with Crippen molar-refractivity contribution in [3.63, 3.8) is 0 Å². The number of rotatable bonds is 5. The Hall–Kier alpha value is -2.91. The number of H-pyrrole nitrogens is 1. The van der Waals surface area contributed by atoms with E-state index in [9.17, 15) is 9.59 Å². The standard InChI is InChI=1S/C24H27N3O5S/c1-4-30-24(29)20-13(2)19-22(28)25-21(26-23(19)33-20)14(3)27-9-5-6-16(27)15-7-8-17-18(12-15)32-11-10-31-17/h7-8,12,14,16H,4-6,9-11H2,1-3H3,(H,25,26,28)/t14-,16-/m0/s1. The van der Waals surface area contributed by atoms with Crippen LogP contribution in [0.25, 0.3) is 10.2 Å². The van der Waals surface area contributed by atoms with Gasteiger partial charge in [-0.2, -0.15) is 0 Å². The number of aryl methyl sites for hydroxylation is 1. The van der Waals surface area contributed by atoms with Gasteiger partial charge in [0.1, 0.15) is 28.7 Å². The number of esters is 1. The van der Waals surface area contributed by atoms with Gasteiger partial charge >= 0.3 is 5.97 Å². The highest BCUT2D eigenvalue weighted by Gasteiger charge is 2.33. The maximum absolute atomic E-state index is 13.0. The van der Waals surface area contributed by atoms with Gasteiger partial charge in [-0.25, -0.2) is 9.78 Å². The van der Waals surface area contributed by atoms with Gasteiger partial charge in [0.15, 0.2) is 11.5 Å². The first-order valence-corrected chi connectivity index (χ1v) is 12.1. The molecular weight excluding hydrogens is 442 g/mol. The van der Waals surface area contributed by atoms with Crippen molar-refractivity contribution in [2.75, 3.05) is 26.4 Å². The molecule has 2 aliphatic rings. The second kappa shape index (κ2) is 8.79. The Labute approximate surface area is 195 Å². The van der Waals surface area contributed by atoms with Crippen LogP contribution < -0.4 is 15.0 Å². The minimum Gasteiger partial charge on any atom is -0.486 e. The van der Waals surface area contributed by atoms with Crippen LogP contribution >= 0.6 is 11.3 Å². The number of aromatic amines is 1. The summed E-state index contributed by atoms with van der Waals surface area (Å²) in [6.45, 7) is 7.91. The highest BCUT2D eigenvalue weighted by Crippen LogP contribution is 2.41. The summed E-state index contributed by atoms with van der Waals surface area (Å²) in [5.41, 5.74) is 1.57. The van der Waals surface area contributed by atoms with Crippen molar-refractivity contribution in [1.29, 1.82) is 0 Å². The molecule has 0 radical (unpaired) electrons. The molecule has 174 valence electrons. The number of hydrogen-bond acceptors (Lipinski definition) is 8. The van der Waals surface area contributed by atoms with E-state index >= 15 is 0 Å². The number of nitrogens with zero attached hydrogens (tertiary/aromatic N) is 2. The third kappa shape index (κ3) is 3.89. The minimum atomic E-state index is -0.412. The van der Waals surface area contributed by atoms with Crippen molar-refractivity contribution in [2.24, 2.45) is 0 Å². The Balaban J connectivity index is 1.47. The van der Waals surface area contributed by atoms with Crippen molar-refractivity contribution in [3.8, 4) is 11.5 Å². The smallest absolute Gasteiger partial charge is 0.348 e. The number of carbonyl (C=O) groups is 1. The van der Waals surface area contributed by atoms with Crippen molar-refractivity contribution >= 4 is 27.5 Å². The van der Waals surface area contributed by atoms with Crippen LogP contribution in [0.5, 0.6) is 11.5 Å². The molecule has 8 nitrogen and oxygen atoms in total. The van der Waals surface area contributed by atoms with Gasteiger partial charge in [0.25, 0.3) is 5.56 Å². The lowest BCUT2D eigenvalue weighted by atomic mass is 10.0. The summed E-state index contributed by atoms with van der Waals surface area (Å²) in [4.78, 5) is 36.4. The van der Waals surface area contributed by atoms with Crippen LogP contribution in [0.1, 0.15) is 65.4 Å². The van der Waals surface area contributed by atoms with Crippen molar-refractivity contribution < 1.29 is 19.0 Å². The van der Waals surface area contributed by atoms with Crippen LogP contribution in [-0.4, -0.2) is 47.2 Å². The topological polar surface area (TPSA) is 93.8 Å². The zero-order valence-corrected chi connectivity index (χ0v) is 19.8. The average molecular weight is 470 g/mol. The van der Waals surface area contributed by atoms with Crippen LogP contribution in [0.4, 0.5) is 0 Å². The SMILES string of the molecule is CCOC(=O)c1sc2nc([C@H](C)N3CCC[C@H]3c3ccc4c(c3)OCCO4)[nH]c(=O)c2c1C. The summed E-state index contributed by atoms with van der Waals surface area (Å²) >= 11 is 1.22. The fourth-order valence-electron chi connectivity index (χ4n) is 4.78. The monoisotopic (exact) mass is 469 g/mol. The average Bonchev–Trinajstić information content (AvgIpc) is 3.43. The molecule has 4 heterocycles. The van der Waals surface area contributed by atoms with Gasteiger partial charge < -0.3 is 19.2 Å². The van der Waals surface area contributed by atoms with Gasteiger partial charge in [-0.05, 0) is 63.4 Å². The highest BCUT2D eigenvalue weighted by atomic mass is 32.1. The molecule has 2 aliphatic heterocycles. The van der Waals surface area contributed by atoms with Crippen LogP contribution in [0.3, 0.4) is 0 Å². The molecule has 0 amide bonds. The van der Waals surface area contributed by atoms with E-state index in [0.717, 1.165) is 30.9 Å². The van der Waals surface area contributed by atoms with Gasteiger partial charge in [-0.15, -0.1) is 11.3 Å². The molecular formula is C24H27N3O5S. The van der Waals surface area contributed by atoms with Gasteiger partial charge in [0.05, 0.1) is 18.0 Å². The van der Waals surface area contributed by atoms with Crippen LogP contribution in [0.15, 0.2) is 23.0 Å². The van der Waals surface area contributed by atoms with Crippen molar-refractivity contribution in [2.45, 2.75) is 45.7 Å². The lowest BCUT2D eigenvalue weighted by Crippen LogP contribution is -2.29. The van der Waals surface area contributed by atoms with Gasteiger partial charge in [0, 0.05) is 6.04 Å². The molecule has 1 fully saturated rings. The zero-order valence-electron chi connectivity index (χ0n) is 19.0. The minimum absolute atomic E-state index is 0.101. The highest BCUT2D eigenvalue weighted by molar-refractivity contribution is 7.20. The van der Waals surface area contributed by atoms with E-state index in [1.807, 2.05) is 6.07 Å². The first-order chi connectivity index (χ1) is 16.0. The number of hydrogen-bond donors (Lipinski definition) is 1. The van der Waals surface area contributed by atoms with Gasteiger partial charge in [0.2, 0.25) is 0 Å². The van der Waals surface area contributed by atoms with E-state index in [4.69, 9.17) is 19.2 Å². The number of thiophene rings is 1. The van der Waals surface area contributed by atoms with Crippen LogP contribution in [-0.2, 0) is 4.74 Å². The number of aromatic nitrogens is 2. The first-order valence-electron chi connectivity index (χ1n) is 11.3. The molecule has 2 atom stereocenters. The molecule has 0 spiro atoms. The summed E-state index contributed by atoms with van der Waals surface area (Å²) in [5, 5.41) is 0.462. The summed E-state index contributed by atoms with van der Waals surface area (Å²) in [5.74, 6) is 1.76. The Kier molecular flexibility index (Phi) is 5.84. The number of carbonyl (C=O) groups excluding carboxylic acids is 1. The molecule has 0 unspecified atom stereocenters. The largest absolute Gasteiger partial charge is 0.486 e. The molecule has 3 aromatic rings. The van der Waals surface area contributed by atoms with Crippen LogP contribution in [0.2, 0.25) is 0 Å². The summed E-state index contributed by atoms with van der Waals surface area (Å²) in [6.07, 6.45) is 2.07. The lowest BCUT2D eigenvalue weighted by Gasteiger charge is -2.31. The fourth-order valence-corrected chi connectivity index (χ4v) is 5.87. The summed E-state index contributed by atoms with van der Waals surface area (Å²) in [7, 11) is 0. The lowest BCUT2D eigenvalue weighted by molar-refractivity contribution is 0.0531. The Morgan fingerprint density at radius 2 is 2.12 bits per heavy atom. The molecule has 2 aromatic heterocycles. The molecule has 0 saturated carbocycles. The van der Waals surface area contributed by atoms with Gasteiger partial charge in [-0.3, -0.25) is 9.69 Å². The van der Waals surface area contributed by atoms with E-state index in [2.05, 4.69) is 28.9 Å². The third-order valence-electron chi connectivity index (χ3n) is 6.42. The van der Waals surface area contributed by atoms with E-state index in [1.54, 1.807) is 13.8 Å². The normalized spacial score (nSPS) is 19.1. The number of nitrogens with one attached hydrogen (secondary N) is 1. The van der Waals surface area contributed by atoms with E-state index in [0.29, 0.717) is 39.7 Å². The Morgan fingerprint density at radius 3 is 2.91 bits per heavy atom. The maximum atomic E-state index is 13.0. The summed E-state index contributed by atoms with van der Waals surface area (Å²) in [6, 6.07) is 6.23. The van der Waals surface area contributed by atoms with Crippen LogP contribution in [0, 0.1) is 6.92 Å². The van der Waals surface area contributed by atoms with Gasteiger partial charge in [-0.1, -0.05) is 6.07 Å². The zero-order chi connectivity index (χ0) is 23.1. The molecule has 0 aliphatic carbocycles. The third-order valence-corrected chi connectivity index (χ3v) is 7.58. The molecule has 33 heavy (non-hydrogen) atoms. The predicted octanol–water partition coefficient (Wildman–Crippen LogP) is 4.14. The second-order valence-electron chi connectivity index (χ2n) is 8.38. The molecule has 9 heteroatoms. The number of benzene rings is 1. The molecule has 0 bridgehead atoms. The van der Waals surface area contributed by atoms with Crippen molar-refractivity contribution in [3.05, 3.63) is 50.4 Å². The van der Waals surface area contributed by atoms with Crippen molar-refractivity contribution in [1.82, 2.24) is 14.9 Å². The second-order valence-corrected chi connectivity index (χ2v) is 9.38. The van der Waals surface area contributed by atoms with E-state index in [1.165, 1.54) is 16.9 Å². The molecule has 1 N–H and O–H groups in total. The van der Waals surface area contributed by atoms with E-state index < -0.39 is 5.97 Å². The number of ether oxygens (including phenoxy) is 3. The number of likely N-dealkylation sites (tertiary alicyclic amines) is 1.